The smallest absolute Gasteiger partial charge is 0.245 e. The quantitative estimate of drug-likeness (QED) is 0.539. The third-order valence-corrected chi connectivity index (χ3v) is 8.09. The fourth-order valence-corrected chi connectivity index (χ4v) is 6.19. The van der Waals surface area contributed by atoms with Gasteiger partial charge >= 0.3 is 0 Å². The van der Waals surface area contributed by atoms with E-state index in [2.05, 4.69) is 42.4 Å². The van der Waals surface area contributed by atoms with Crippen molar-refractivity contribution in [2.24, 2.45) is 7.05 Å². The summed E-state index contributed by atoms with van der Waals surface area (Å²) in [5, 5.41) is 36.4. The Labute approximate surface area is 214 Å². The summed E-state index contributed by atoms with van der Waals surface area (Å²) in [7, 11) is 1.64. The van der Waals surface area contributed by atoms with Crippen LogP contribution in [-0.4, -0.2) is 64.4 Å². The number of rotatable bonds is 5. The minimum Gasteiger partial charge on any atom is -0.507 e. The Morgan fingerprint density at radius 1 is 1.24 bits per heavy atom. The molecule has 3 fully saturated rings. The van der Waals surface area contributed by atoms with Crippen LogP contribution in [0.4, 0.5) is 10.3 Å². The van der Waals surface area contributed by atoms with Crippen molar-refractivity contribution in [2.45, 2.75) is 81.7 Å². The zero-order valence-electron chi connectivity index (χ0n) is 21.2. The SMILES string of the molecule is Cn1nc(-c2ccc(-c3cnc(N(C4CC4)[C@@H]4C[C@@]5(C)CCC[C@](C)(N5)[C@@H]4F)nn3)c(O)c2)nc1C#N. The Morgan fingerprint density at radius 2 is 2.05 bits per heavy atom. The maximum absolute atomic E-state index is 16.0. The number of benzene rings is 1. The predicted molar refractivity (Wildman–Crippen MR) is 134 cm³/mol. The number of nitrogens with one attached hydrogen (secondary N) is 1. The van der Waals surface area contributed by atoms with E-state index in [0.717, 1.165) is 32.1 Å². The largest absolute Gasteiger partial charge is 0.507 e. The normalized spacial score (nSPS) is 29.1. The molecule has 37 heavy (non-hydrogen) atoms. The summed E-state index contributed by atoms with van der Waals surface area (Å²) in [6.45, 7) is 4.20. The number of fused-ring (bicyclic) bond motifs is 2. The second-order valence-electron chi connectivity index (χ2n) is 11.1. The summed E-state index contributed by atoms with van der Waals surface area (Å²) < 4.78 is 17.4. The second kappa shape index (κ2) is 8.45. The van der Waals surface area contributed by atoms with Gasteiger partial charge in [0.25, 0.3) is 0 Å². The fourth-order valence-electron chi connectivity index (χ4n) is 6.19. The van der Waals surface area contributed by atoms with Gasteiger partial charge in [-0.1, -0.05) is 6.07 Å². The molecule has 10 nitrogen and oxygen atoms in total. The molecule has 11 heteroatoms. The molecule has 3 aliphatic rings. The van der Waals surface area contributed by atoms with Crippen LogP contribution in [0.3, 0.4) is 0 Å². The lowest BCUT2D eigenvalue weighted by Gasteiger charge is -2.57. The van der Waals surface area contributed by atoms with Crippen LogP contribution in [-0.2, 0) is 7.05 Å². The molecule has 4 heterocycles. The lowest BCUT2D eigenvalue weighted by molar-refractivity contribution is 0.0000874. The van der Waals surface area contributed by atoms with E-state index in [1.165, 1.54) is 10.7 Å². The van der Waals surface area contributed by atoms with Crippen LogP contribution in [0.15, 0.2) is 24.4 Å². The molecular weight excluding hydrogens is 473 g/mol. The van der Waals surface area contributed by atoms with Crippen LogP contribution in [0.1, 0.15) is 58.2 Å². The van der Waals surface area contributed by atoms with E-state index in [0.29, 0.717) is 35.0 Å². The summed E-state index contributed by atoms with van der Waals surface area (Å²) in [6, 6.07) is 6.86. The molecule has 192 valence electrons. The highest BCUT2D eigenvalue weighted by Crippen LogP contribution is 2.46. The third-order valence-electron chi connectivity index (χ3n) is 8.09. The van der Waals surface area contributed by atoms with Gasteiger partial charge in [-0.2, -0.15) is 15.3 Å². The molecule has 2 bridgehead atoms. The number of phenols is 1. The van der Waals surface area contributed by atoms with E-state index >= 15 is 4.39 Å². The topological polar surface area (TPSA) is 129 Å². The maximum Gasteiger partial charge on any atom is 0.245 e. The minimum atomic E-state index is -1.04. The fraction of sp³-hybridized carbons (Fsp3) is 0.538. The summed E-state index contributed by atoms with van der Waals surface area (Å²) >= 11 is 0. The molecule has 2 aromatic heterocycles. The number of anilines is 1. The Kier molecular flexibility index (Phi) is 5.42. The van der Waals surface area contributed by atoms with Crippen molar-refractivity contribution in [1.29, 1.82) is 5.26 Å². The monoisotopic (exact) mass is 503 g/mol. The number of hydrogen-bond acceptors (Lipinski definition) is 9. The van der Waals surface area contributed by atoms with Gasteiger partial charge in [0.05, 0.1) is 12.2 Å². The average Bonchev–Trinajstić information content (AvgIpc) is 3.63. The highest BCUT2D eigenvalue weighted by Gasteiger charge is 2.56. The van der Waals surface area contributed by atoms with E-state index < -0.39 is 11.7 Å². The van der Waals surface area contributed by atoms with Crippen molar-refractivity contribution in [2.75, 3.05) is 4.90 Å². The first-order chi connectivity index (χ1) is 17.7. The molecular formula is C26H30FN9O. The number of phenolic OH excluding ortho intramolecular Hbond substituents is 1. The van der Waals surface area contributed by atoms with E-state index in [4.69, 9.17) is 5.26 Å². The zero-order chi connectivity index (χ0) is 25.9. The number of aromatic hydroxyl groups is 1. The second-order valence-corrected chi connectivity index (χ2v) is 11.1. The first-order valence-corrected chi connectivity index (χ1v) is 12.8. The number of nitriles is 1. The number of alkyl halides is 1. The van der Waals surface area contributed by atoms with E-state index in [9.17, 15) is 5.11 Å². The van der Waals surface area contributed by atoms with E-state index in [1.807, 2.05) is 13.0 Å². The summed E-state index contributed by atoms with van der Waals surface area (Å²) in [5.74, 6) is 0.932. The minimum absolute atomic E-state index is 0.0257. The third kappa shape index (κ3) is 4.09. The average molecular weight is 504 g/mol. The van der Waals surface area contributed by atoms with Gasteiger partial charge in [0, 0.05) is 35.3 Å². The summed E-state index contributed by atoms with van der Waals surface area (Å²) in [4.78, 5) is 10.8. The van der Waals surface area contributed by atoms with E-state index in [-0.39, 0.29) is 29.2 Å². The Morgan fingerprint density at radius 3 is 2.70 bits per heavy atom. The van der Waals surface area contributed by atoms with Crippen LogP contribution in [0.5, 0.6) is 5.75 Å². The lowest BCUT2D eigenvalue weighted by Crippen LogP contribution is -2.73. The highest BCUT2D eigenvalue weighted by atomic mass is 19.1. The van der Waals surface area contributed by atoms with Gasteiger partial charge < -0.3 is 15.3 Å². The molecule has 0 radical (unpaired) electrons. The molecule has 0 amide bonds. The molecule has 2 aliphatic heterocycles. The highest BCUT2D eigenvalue weighted by molar-refractivity contribution is 5.71. The zero-order valence-corrected chi connectivity index (χ0v) is 21.2. The van der Waals surface area contributed by atoms with E-state index in [1.54, 1.807) is 25.4 Å². The molecule has 1 aromatic carbocycles. The number of nitrogens with zero attached hydrogens (tertiary/aromatic N) is 8. The summed E-state index contributed by atoms with van der Waals surface area (Å²) in [6.07, 6.45) is 6.10. The van der Waals surface area contributed by atoms with Gasteiger partial charge in [0.1, 0.15) is 23.7 Å². The Balaban J connectivity index is 1.28. The molecule has 4 atom stereocenters. The number of aromatic nitrogens is 6. The van der Waals surface area contributed by atoms with Crippen molar-refractivity contribution in [3.63, 3.8) is 0 Å². The Hall–Kier alpha value is -3.65. The standard InChI is InChI=1S/C26H30FN9O/c1-25-9-4-10-26(2,34-25)22(27)19(12-25)36(16-6-7-16)24-29-14-18(31-32-24)17-8-5-15(11-20(17)37)23-30-21(13-28)35(3)33-23/h5,8,11,14,16,19,22,34,37H,4,6-7,9-10,12H2,1-3H3/t19-,22-,25-,26+/m1/s1. The van der Waals surface area contributed by atoms with Crippen molar-refractivity contribution < 1.29 is 9.50 Å². The number of hydrogen-bond donors (Lipinski definition) is 2. The molecule has 2 N–H and O–H groups in total. The Bertz CT molecular complexity index is 1380. The van der Waals surface area contributed by atoms with Crippen LogP contribution >= 0.6 is 0 Å². The predicted octanol–water partition coefficient (Wildman–Crippen LogP) is 3.28. The van der Waals surface area contributed by atoms with Gasteiger partial charge in [-0.05, 0) is 64.5 Å². The number of aryl methyl sites for hydroxylation is 1. The molecule has 0 spiro atoms. The molecule has 0 unspecified atom stereocenters. The van der Waals surface area contributed by atoms with Crippen LogP contribution in [0.25, 0.3) is 22.6 Å². The molecule has 1 saturated carbocycles. The molecule has 1 aliphatic carbocycles. The molecule has 6 rings (SSSR count). The maximum atomic E-state index is 16.0. The van der Waals surface area contributed by atoms with Gasteiger partial charge in [0.2, 0.25) is 11.8 Å². The van der Waals surface area contributed by atoms with Crippen LogP contribution in [0, 0.1) is 11.3 Å². The molecule has 3 aromatic rings. The number of halogens is 1. The van der Waals surface area contributed by atoms with Gasteiger partial charge in [-0.25, -0.2) is 14.1 Å². The van der Waals surface area contributed by atoms with Gasteiger partial charge in [-0.15, -0.1) is 10.2 Å². The van der Waals surface area contributed by atoms with Crippen molar-refractivity contribution in [1.82, 2.24) is 35.3 Å². The molecule has 2 saturated heterocycles. The summed E-state index contributed by atoms with van der Waals surface area (Å²) in [5.41, 5.74) is 0.784. The van der Waals surface area contributed by atoms with Crippen LogP contribution < -0.4 is 10.2 Å². The van der Waals surface area contributed by atoms with Gasteiger partial charge in [-0.3, -0.25) is 0 Å². The van der Waals surface area contributed by atoms with Crippen molar-refractivity contribution in [3.8, 4) is 34.5 Å². The lowest BCUT2D eigenvalue weighted by atomic mass is 9.68. The van der Waals surface area contributed by atoms with Crippen molar-refractivity contribution >= 4 is 5.95 Å². The van der Waals surface area contributed by atoms with Crippen molar-refractivity contribution in [3.05, 3.63) is 30.2 Å². The van der Waals surface area contributed by atoms with Gasteiger partial charge in [0.15, 0.2) is 5.82 Å². The number of piperidine rings is 2. The van der Waals surface area contributed by atoms with Crippen LogP contribution in [0.2, 0.25) is 0 Å². The first-order valence-electron chi connectivity index (χ1n) is 12.8. The first kappa shape index (κ1) is 23.7.